The van der Waals surface area contributed by atoms with Gasteiger partial charge in [-0.15, -0.1) is 0 Å². The van der Waals surface area contributed by atoms with Crippen molar-refractivity contribution in [2.24, 2.45) is 5.11 Å². The summed E-state index contributed by atoms with van der Waals surface area (Å²) in [5, 5.41) is 3.32. The molecule has 1 aliphatic rings. The first kappa shape index (κ1) is 11.7. The Labute approximate surface area is 97.8 Å². The van der Waals surface area contributed by atoms with Gasteiger partial charge in [-0.3, -0.25) is 0 Å². The van der Waals surface area contributed by atoms with Crippen molar-refractivity contribution >= 4 is 5.69 Å². The fourth-order valence-electron chi connectivity index (χ4n) is 1.67. The topological polar surface area (TPSA) is 67.2 Å². The Hall–Kier alpha value is -1.78. The quantitative estimate of drug-likeness (QED) is 0.459. The van der Waals surface area contributed by atoms with E-state index in [0.29, 0.717) is 13.2 Å². The van der Waals surface area contributed by atoms with Crippen molar-refractivity contribution in [2.75, 3.05) is 13.2 Å². The molecule has 0 N–H and O–H groups in total. The molecular weight excluding hydrogens is 225 g/mol. The Morgan fingerprint density at radius 1 is 1.41 bits per heavy atom. The van der Waals surface area contributed by atoms with Crippen LogP contribution in [-0.4, -0.2) is 19.3 Å². The Kier molecular flexibility index (Phi) is 3.80. The lowest BCUT2D eigenvalue weighted by Gasteiger charge is -2.23. The molecule has 0 spiro atoms. The first-order chi connectivity index (χ1) is 8.29. The van der Waals surface area contributed by atoms with Crippen molar-refractivity contribution in [3.05, 3.63) is 34.5 Å². The SMILES string of the molecule is [N-]=[N+]=Nc1ccc(OC2CCOCC2)c(F)c1. The lowest BCUT2D eigenvalue weighted by molar-refractivity contribution is 0.0240. The first-order valence-electron chi connectivity index (χ1n) is 5.38. The largest absolute Gasteiger partial charge is 0.487 e. The minimum absolute atomic E-state index is 0.0106. The van der Waals surface area contributed by atoms with E-state index in [1.54, 1.807) is 0 Å². The second-order valence-corrected chi connectivity index (χ2v) is 3.73. The maximum atomic E-state index is 13.6. The summed E-state index contributed by atoms with van der Waals surface area (Å²) < 4.78 is 24.3. The molecule has 2 rings (SSSR count). The summed E-state index contributed by atoms with van der Waals surface area (Å²) in [6, 6.07) is 4.17. The first-order valence-corrected chi connectivity index (χ1v) is 5.38. The zero-order chi connectivity index (χ0) is 12.1. The highest BCUT2D eigenvalue weighted by Crippen LogP contribution is 2.25. The van der Waals surface area contributed by atoms with Crippen molar-refractivity contribution in [3.63, 3.8) is 0 Å². The third kappa shape index (κ3) is 3.09. The Morgan fingerprint density at radius 2 is 2.18 bits per heavy atom. The predicted octanol–water partition coefficient (Wildman–Crippen LogP) is 3.33. The zero-order valence-electron chi connectivity index (χ0n) is 9.17. The second-order valence-electron chi connectivity index (χ2n) is 3.73. The van der Waals surface area contributed by atoms with Gasteiger partial charge in [0.1, 0.15) is 6.10 Å². The van der Waals surface area contributed by atoms with Gasteiger partial charge in [0.25, 0.3) is 0 Å². The average molecular weight is 237 g/mol. The molecule has 17 heavy (non-hydrogen) atoms. The fraction of sp³-hybridized carbons (Fsp3) is 0.455. The van der Waals surface area contributed by atoms with Gasteiger partial charge in [-0.25, -0.2) is 4.39 Å². The Bertz CT molecular complexity index is 440. The summed E-state index contributed by atoms with van der Waals surface area (Å²) >= 11 is 0. The van der Waals surface area contributed by atoms with E-state index in [0.717, 1.165) is 18.9 Å². The minimum atomic E-state index is -0.513. The number of azide groups is 1. The summed E-state index contributed by atoms with van der Waals surface area (Å²) in [4.78, 5) is 2.59. The van der Waals surface area contributed by atoms with E-state index in [2.05, 4.69) is 10.0 Å². The van der Waals surface area contributed by atoms with Gasteiger partial charge in [0, 0.05) is 23.4 Å². The summed E-state index contributed by atoms with van der Waals surface area (Å²) in [6.07, 6.45) is 1.51. The van der Waals surface area contributed by atoms with Crippen LogP contribution in [-0.2, 0) is 4.74 Å². The normalized spacial score (nSPS) is 16.3. The molecular formula is C11H12FN3O2. The molecule has 1 aromatic carbocycles. The standard InChI is InChI=1S/C11H12FN3O2/c12-10-7-8(14-15-13)1-2-11(10)17-9-3-5-16-6-4-9/h1-2,7,9H,3-6H2. The minimum Gasteiger partial charge on any atom is -0.487 e. The van der Waals surface area contributed by atoms with Crippen molar-refractivity contribution in [1.29, 1.82) is 0 Å². The molecule has 1 fully saturated rings. The molecule has 0 saturated carbocycles. The van der Waals surface area contributed by atoms with E-state index in [1.165, 1.54) is 12.1 Å². The molecule has 90 valence electrons. The van der Waals surface area contributed by atoms with Gasteiger partial charge in [0.2, 0.25) is 0 Å². The average Bonchev–Trinajstić information content (AvgIpc) is 2.34. The van der Waals surface area contributed by atoms with E-state index in [1.807, 2.05) is 0 Å². The maximum Gasteiger partial charge on any atom is 0.165 e. The van der Waals surface area contributed by atoms with Gasteiger partial charge in [0.15, 0.2) is 11.6 Å². The number of hydrogen-bond donors (Lipinski definition) is 0. The molecule has 1 saturated heterocycles. The highest BCUT2D eigenvalue weighted by Gasteiger charge is 2.16. The monoisotopic (exact) mass is 237 g/mol. The number of halogens is 1. The predicted molar refractivity (Wildman–Crippen MR) is 59.7 cm³/mol. The number of ether oxygens (including phenoxy) is 2. The van der Waals surface area contributed by atoms with Gasteiger partial charge in [-0.2, -0.15) is 0 Å². The van der Waals surface area contributed by atoms with Crippen molar-refractivity contribution in [2.45, 2.75) is 18.9 Å². The van der Waals surface area contributed by atoms with Crippen LogP contribution >= 0.6 is 0 Å². The molecule has 0 atom stereocenters. The van der Waals surface area contributed by atoms with Crippen LogP contribution in [0, 0.1) is 5.82 Å². The van der Waals surface area contributed by atoms with Crippen LogP contribution in [0.25, 0.3) is 10.4 Å². The van der Waals surface area contributed by atoms with E-state index >= 15 is 0 Å². The molecule has 6 heteroatoms. The van der Waals surface area contributed by atoms with Crippen LogP contribution in [0.1, 0.15) is 12.8 Å². The third-order valence-corrected chi connectivity index (χ3v) is 2.54. The molecule has 1 aliphatic heterocycles. The highest BCUT2D eigenvalue weighted by molar-refractivity contribution is 5.42. The van der Waals surface area contributed by atoms with E-state index in [9.17, 15) is 4.39 Å². The third-order valence-electron chi connectivity index (χ3n) is 2.54. The molecule has 5 nitrogen and oxygen atoms in total. The van der Waals surface area contributed by atoms with E-state index < -0.39 is 5.82 Å². The van der Waals surface area contributed by atoms with Crippen LogP contribution in [0.3, 0.4) is 0 Å². The van der Waals surface area contributed by atoms with E-state index in [4.69, 9.17) is 15.0 Å². The number of nitrogens with zero attached hydrogens (tertiary/aromatic N) is 3. The molecule has 0 bridgehead atoms. The maximum absolute atomic E-state index is 13.6. The molecule has 0 amide bonds. The summed E-state index contributed by atoms with van der Waals surface area (Å²) in [7, 11) is 0. The lowest BCUT2D eigenvalue weighted by atomic mass is 10.1. The van der Waals surface area contributed by atoms with Crippen molar-refractivity contribution in [1.82, 2.24) is 0 Å². The van der Waals surface area contributed by atoms with Crippen LogP contribution in [0.5, 0.6) is 5.75 Å². The van der Waals surface area contributed by atoms with Crippen LogP contribution in [0.4, 0.5) is 10.1 Å². The van der Waals surface area contributed by atoms with Crippen LogP contribution < -0.4 is 4.74 Å². The fourth-order valence-corrected chi connectivity index (χ4v) is 1.67. The molecule has 0 radical (unpaired) electrons. The van der Waals surface area contributed by atoms with Gasteiger partial charge in [-0.05, 0) is 23.7 Å². The number of rotatable bonds is 3. The summed E-state index contributed by atoms with van der Waals surface area (Å²) in [6.45, 7) is 1.28. The number of benzene rings is 1. The summed E-state index contributed by atoms with van der Waals surface area (Å²) in [5.41, 5.74) is 8.47. The number of hydrogen-bond acceptors (Lipinski definition) is 3. The lowest BCUT2D eigenvalue weighted by Crippen LogP contribution is -2.26. The van der Waals surface area contributed by atoms with Crippen LogP contribution in [0.2, 0.25) is 0 Å². The summed E-state index contributed by atoms with van der Waals surface area (Å²) in [5.74, 6) is -0.324. The molecule has 0 unspecified atom stereocenters. The van der Waals surface area contributed by atoms with Gasteiger partial charge in [-0.1, -0.05) is 5.11 Å². The van der Waals surface area contributed by atoms with E-state index in [-0.39, 0.29) is 17.5 Å². The van der Waals surface area contributed by atoms with Crippen molar-refractivity contribution in [3.8, 4) is 5.75 Å². The molecule has 0 aromatic heterocycles. The van der Waals surface area contributed by atoms with Gasteiger partial charge < -0.3 is 9.47 Å². The zero-order valence-corrected chi connectivity index (χ0v) is 9.17. The van der Waals surface area contributed by atoms with Gasteiger partial charge in [0.05, 0.1) is 13.2 Å². The Morgan fingerprint density at radius 3 is 2.82 bits per heavy atom. The molecule has 0 aliphatic carbocycles. The molecule has 1 heterocycles. The molecule has 1 aromatic rings. The Balaban J connectivity index is 2.07. The van der Waals surface area contributed by atoms with Crippen LogP contribution in [0.15, 0.2) is 23.3 Å². The second kappa shape index (κ2) is 5.52. The van der Waals surface area contributed by atoms with Gasteiger partial charge >= 0.3 is 0 Å². The highest BCUT2D eigenvalue weighted by atomic mass is 19.1. The smallest absolute Gasteiger partial charge is 0.165 e. The van der Waals surface area contributed by atoms with Crippen molar-refractivity contribution < 1.29 is 13.9 Å².